The minimum Gasteiger partial charge on any atom is -0.507 e. The molecule has 3 heterocycles. The summed E-state index contributed by atoms with van der Waals surface area (Å²) in [5, 5.41) is 11.8. The molecule has 0 radical (unpaired) electrons. The van der Waals surface area contributed by atoms with Crippen LogP contribution >= 0.6 is 0 Å². The Labute approximate surface area is 246 Å². The number of fused-ring (bicyclic) bond motifs is 3. The molecule has 0 aromatic heterocycles. The maximum atomic E-state index is 14.8. The molecule has 2 fully saturated rings. The zero-order valence-electron chi connectivity index (χ0n) is 25.9. The molecule has 1 aromatic carbocycles. The molecular weight excluding hydrogens is 536 g/mol. The molecule has 6 aliphatic rings. The van der Waals surface area contributed by atoms with E-state index in [9.17, 15) is 19.5 Å². The van der Waals surface area contributed by atoms with Gasteiger partial charge in [-0.3, -0.25) is 14.4 Å². The Morgan fingerprint density at radius 2 is 1.81 bits per heavy atom. The molecule has 1 saturated heterocycles. The number of benzene rings is 1. The lowest BCUT2D eigenvalue weighted by molar-refractivity contribution is -0.190. The number of aromatic hydroxyl groups is 1. The zero-order chi connectivity index (χ0) is 30.8. The van der Waals surface area contributed by atoms with Crippen molar-refractivity contribution < 1.29 is 38.4 Å². The number of ketones is 2. The summed E-state index contributed by atoms with van der Waals surface area (Å²) in [5.74, 6) is -0.614. The molecule has 3 aliphatic carbocycles. The van der Waals surface area contributed by atoms with Gasteiger partial charge in [0, 0.05) is 41.6 Å². The van der Waals surface area contributed by atoms with Gasteiger partial charge in [-0.15, -0.1) is 0 Å². The van der Waals surface area contributed by atoms with E-state index >= 15 is 0 Å². The van der Waals surface area contributed by atoms with Gasteiger partial charge in [0.25, 0.3) is 0 Å². The maximum Gasteiger partial charge on any atom is 0.205 e. The van der Waals surface area contributed by atoms with Gasteiger partial charge < -0.3 is 24.1 Å². The highest BCUT2D eigenvalue weighted by Gasteiger charge is 2.84. The van der Waals surface area contributed by atoms with Gasteiger partial charge in [-0.25, -0.2) is 0 Å². The van der Waals surface area contributed by atoms with Crippen molar-refractivity contribution in [2.24, 2.45) is 5.92 Å². The molecule has 42 heavy (non-hydrogen) atoms. The number of aldehydes is 1. The first-order chi connectivity index (χ1) is 19.5. The smallest absolute Gasteiger partial charge is 0.205 e. The summed E-state index contributed by atoms with van der Waals surface area (Å²) in [6.45, 7) is 15.5. The lowest BCUT2D eigenvalue weighted by Crippen LogP contribution is -2.77. The number of ether oxygens (including phenoxy) is 4. The number of phenolic OH excluding ortho intramolecular Hbond substituents is 1. The van der Waals surface area contributed by atoms with Crippen molar-refractivity contribution >= 4 is 17.9 Å². The van der Waals surface area contributed by atoms with Crippen LogP contribution in [0.3, 0.4) is 0 Å². The highest BCUT2D eigenvalue weighted by atomic mass is 16.6. The van der Waals surface area contributed by atoms with Crippen molar-refractivity contribution in [3.63, 3.8) is 0 Å². The Morgan fingerprint density at radius 1 is 1.12 bits per heavy atom. The van der Waals surface area contributed by atoms with E-state index in [0.717, 1.165) is 11.9 Å². The molecule has 0 amide bonds. The first-order valence-corrected chi connectivity index (χ1v) is 14.7. The number of carbonyl (C=O) groups excluding carboxylic acids is 3. The van der Waals surface area contributed by atoms with E-state index in [4.69, 9.17) is 18.9 Å². The second-order valence-corrected chi connectivity index (χ2v) is 13.9. The van der Waals surface area contributed by atoms with Gasteiger partial charge in [0.2, 0.25) is 5.78 Å². The summed E-state index contributed by atoms with van der Waals surface area (Å²) in [6.07, 6.45) is 6.38. The third-order valence-corrected chi connectivity index (χ3v) is 10.5. The zero-order valence-corrected chi connectivity index (χ0v) is 25.9. The maximum absolute atomic E-state index is 14.8. The van der Waals surface area contributed by atoms with Gasteiger partial charge in [0.15, 0.2) is 17.0 Å². The SMILES string of the molecule is CO[C@]12C=C3C(=O)c4c(O)c(CC=C(C)C)c5c(c4O[C@]34[C@H](C1)C(C)(C)O[C@]4(CC=C(C)C=O)C2=O)C(C)(C)[C@H](C)O5. The monoisotopic (exact) mass is 576 g/mol. The van der Waals surface area contributed by atoms with Crippen molar-refractivity contribution in [1.29, 1.82) is 0 Å². The van der Waals surface area contributed by atoms with Crippen LogP contribution in [0.4, 0.5) is 0 Å². The summed E-state index contributed by atoms with van der Waals surface area (Å²) >= 11 is 0. The molecule has 224 valence electrons. The van der Waals surface area contributed by atoms with Gasteiger partial charge in [0.1, 0.15) is 40.8 Å². The number of carbonyl (C=O) groups is 3. The van der Waals surface area contributed by atoms with Crippen molar-refractivity contribution in [3.8, 4) is 17.2 Å². The van der Waals surface area contributed by atoms with Gasteiger partial charge in [-0.1, -0.05) is 31.6 Å². The Morgan fingerprint density at radius 3 is 2.43 bits per heavy atom. The van der Waals surface area contributed by atoms with E-state index in [2.05, 4.69) is 0 Å². The quantitative estimate of drug-likeness (QED) is 0.277. The summed E-state index contributed by atoms with van der Waals surface area (Å²) in [4.78, 5) is 41.0. The summed E-state index contributed by atoms with van der Waals surface area (Å²) in [6, 6.07) is 0. The van der Waals surface area contributed by atoms with Crippen molar-refractivity contribution in [2.75, 3.05) is 7.11 Å². The Bertz CT molecular complexity index is 1550. The largest absolute Gasteiger partial charge is 0.507 e. The van der Waals surface area contributed by atoms with E-state index in [1.807, 2.05) is 54.5 Å². The normalized spacial score (nSPS) is 34.6. The molecule has 4 bridgehead atoms. The molecule has 8 nitrogen and oxygen atoms in total. The predicted octanol–water partition coefficient (Wildman–Crippen LogP) is 5.27. The minimum absolute atomic E-state index is 0.0184. The van der Waals surface area contributed by atoms with Crippen molar-refractivity contribution in [3.05, 3.63) is 51.6 Å². The number of methoxy groups -OCH3 is 1. The molecule has 8 heteroatoms. The molecule has 5 atom stereocenters. The van der Waals surface area contributed by atoms with Crippen LogP contribution in [-0.2, 0) is 30.9 Å². The van der Waals surface area contributed by atoms with E-state index in [-0.39, 0.29) is 47.4 Å². The van der Waals surface area contributed by atoms with Crippen molar-refractivity contribution in [1.82, 2.24) is 0 Å². The first kappa shape index (κ1) is 28.9. The topological polar surface area (TPSA) is 108 Å². The third kappa shape index (κ3) is 3.23. The van der Waals surface area contributed by atoms with Crippen molar-refractivity contribution in [2.45, 2.75) is 109 Å². The Kier molecular flexibility index (Phi) is 5.96. The third-order valence-electron chi connectivity index (χ3n) is 10.5. The van der Waals surface area contributed by atoms with Gasteiger partial charge in [0.05, 0.1) is 5.60 Å². The number of rotatable bonds is 6. The van der Waals surface area contributed by atoms with Gasteiger partial charge in [-0.2, -0.15) is 0 Å². The highest BCUT2D eigenvalue weighted by molar-refractivity contribution is 6.20. The lowest BCUT2D eigenvalue weighted by Gasteiger charge is -2.59. The van der Waals surface area contributed by atoms with Crippen LogP contribution in [0.25, 0.3) is 0 Å². The lowest BCUT2D eigenvalue weighted by atomic mass is 9.49. The second-order valence-electron chi connectivity index (χ2n) is 13.9. The average molecular weight is 577 g/mol. The summed E-state index contributed by atoms with van der Waals surface area (Å²) < 4.78 is 26.3. The fourth-order valence-corrected chi connectivity index (χ4v) is 7.99. The number of hydrogen-bond donors (Lipinski definition) is 1. The Balaban J connectivity index is 1.71. The van der Waals surface area contributed by atoms with Crippen LogP contribution in [-0.4, -0.2) is 58.6 Å². The van der Waals surface area contributed by atoms with E-state index in [1.54, 1.807) is 19.1 Å². The number of phenols is 1. The molecule has 1 N–H and O–H groups in total. The first-order valence-electron chi connectivity index (χ1n) is 14.7. The van der Waals surface area contributed by atoms with E-state index in [0.29, 0.717) is 28.9 Å². The van der Waals surface area contributed by atoms with Gasteiger partial charge >= 0.3 is 0 Å². The highest BCUT2D eigenvalue weighted by Crippen LogP contribution is 2.70. The standard InChI is InChI=1S/C34H40O8/c1-17(2)10-11-20-25(36)23-26(37)21-14-32(39-9)15-22-31(7,8)42-33(29(32)38,13-12-18(3)16-35)34(21,22)41-28(23)24-27(20)40-19(4)30(24,5)6/h10,12,14,16,19,22,36H,11,13,15H2,1-9H3/t19-,22+,32+,33+,34-/m0/s1. The Hall–Kier alpha value is -3.23. The van der Waals surface area contributed by atoms with Crippen LogP contribution in [0.5, 0.6) is 17.2 Å². The molecule has 1 aromatic rings. The average Bonchev–Trinajstić information content (AvgIpc) is 3.25. The van der Waals surface area contributed by atoms with E-state index < -0.39 is 39.5 Å². The van der Waals surface area contributed by atoms with Gasteiger partial charge in [-0.05, 0) is 66.0 Å². The van der Waals surface area contributed by atoms with Crippen LogP contribution in [0.15, 0.2) is 34.9 Å². The molecular formula is C34H40O8. The summed E-state index contributed by atoms with van der Waals surface area (Å²) in [5.41, 5.74) is -2.95. The summed E-state index contributed by atoms with van der Waals surface area (Å²) in [7, 11) is 1.46. The van der Waals surface area contributed by atoms with Crippen LogP contribution in [0.2, 0.25) is 0 Å². The number of hydrogen-bond acceptors (Lipinski definition) is 8. The molecule has 1 saturated carbocycles. The van der Waals surface area contributed by atoms with Crippen LogP contribution in [0, 0.1) is 5.92 Å². The van der Waals surface area contributed by atoms with Crippen LogP contribution < -0.4 is 9.47 Å². The fourth-order valence-electron chi connectivity index (χ4n) is 7.99. The fraction of sp³-hybridized carbons (Fsp3) is 0.559. The molecule has 7 rings (SSSR count). The molecule has 3 aliphatic heterocycles. The molecule has 1 spiro atoms. The minimum atomic E-state index is -1.64. The predicted molar refractivity (Wildman–Crippen MR) is 155 cm³/mol. The van der Waals surface area contributed by atoms with E-state index in [1.165, 1.54) is 7.11 Å². The number of Topliss-reactive ketones (excluding diaryl/α,β-unsaturated/α-hetero) is 2. The number of allylic oxidation sites excluding steroid dienone is 3. The molecule has 0 unspecified atom stereocenters. The van der Waals surface area contributed by atoms with Crippen LogP contribution in [0.1, 0.15) is 89.7 Å². The second kappa shape index (κ2) is 8.66.